The summed E-state index contributed by atoms with van der Waals surface area (Å²) in [4.78, 5) is 20.0. The Morgan fingerprint density at radius 2 is 0.743 bits per heavy atom. The molecule has 6 heteroatoms. The van der Waals surface area contributed by atoms with E-state index < -0.39 is 11.9 Å². The molecule has 0 spiro atoms. The van der Waals surface area contributed by atoms with Crippen LogP contribution >= 0.6 is 0 Å². The van der Waals surface area contributed by atoms with Crippen LogP contribution in [-0.4, -0.2) is 85.5 Å². The van der Waals surface area contributed by atoms with E-state index in [0.29, 0.717) is 0 Å². The maximum Gasteiger partial charge on any atom is 0.306 e. The molecule has 0 saturated carbocycles. The van der Waals surface area contributed by atoms with Crippen LogP contribution in [0.3, 0.4) is 0 Å². The average Bonchev–Trinajstić information content (AvgIpc) is 2.80. The normalized spacial score (nSPS) is 11.1. The molecule has 0 rings (SSSR count). The Labute approximate surface area is 219 Å². The Kier molecular flexibility index (Phi) is 28.5. The minimum Gasteiger partial charge on any atom is -0.481 e. The predicted molar refractivity (Wildman–Crippen MR) is 151 cm³/mol. The number of aliphatic carboxylic acids is 1. The lowest BCUT2D eigenvalue weighted by atomic mass is 10.2. The van der Waals surface area contributed by atoms with Crippen molar-refractivity contribution in [2.45, 2.75) is 120 Å². The number of carboxylic acids is 1. The molecule has 0 bridgehead atoms. The summed E-state index contributed by atoms with van der Waals surface area (Å²) in [5.74, 6) is -1.47. The summed E-state index contributed by atoms with van der Waals surface area (Å²) in [7, 11) is 1.23. The van der Waals surface area contributed by atoms with Crippen molar-refractivity contribution in [3.05, 3.63) is 0 Å². The SMILES string of the molecule is CCC[N+](CCC)(CCC)CCC.CCC[N+](CCC)(CCC)CCC.COC(=O)CCC(=O)O. The summed E-state index contributed by atoms with van der Waals surface area (Å²) in [5.41, 5.74) is 0. The molecule has 35 heavy (non-hydrogen) atoms. The van der Waals surface area contributed by atoms with E-state index in [2.05, 4.69) is 60.1 Å². The number of hydrogen-bond acceptors (Lipinski definition) is 3. The van der Waals surface area contributed by atoms with Gasteiger partial charge in [-0.25, -0.2) is 0 Å². The fourth-order valence-corrected chi connectivity index (χ4v) is 5.45. The van der Waals surface area contributed by atoms with E-state index >= 15 is 0 Å². The summed E-state index contributed by atoms with van der Waals surface area (Å²) < 4.78 is 6.95. The topological polar surface area (TPSA) is 63.6 Å². The average molecular weight is 505 g/mol. The van der Waals surface area contributed by atoms with Gasteiger partial charge in [-0.3, -0.25) is 9.59 Å². The quantitative estimate of drug-likeness (QED) is 0.153. The van der Waals surface area contributed by atoms with Gasteiger partial charge in [0.1, 0.15) is 0 Å². The fourth-order valence-electron chi connectivity index (χ4n) is 5.45. The van der Waals surface area contributed by atoms with Crippen LogP contribution in [0.25, 0.3) is 0 Å². The first-order valence-corrected chi connectivity index (χ1v) is 14.6. The number of ether oxygens (including phenoxy) is 1. The Bertz CT molecular complexity index is 396. The molecule has 0 radical (unpaired) electrons. The van der Waals surface area contributed by atoms with E-state index in [9.17, 15) is 9.59 Å². The van der Waals surface area contributed by atoms with Crippen LogP contribution in [0.1, 0.15) is 120 Å². The second-order valence-corrected chi connectivity index (χ2v) is 9.94. The van der Waals surface area contributed by atoms with Gasteiger partial charge < -0.3 is 18.8 Å². The van der Waals surface area contributed by atoms with Crippen LogP contribution < -0.4 is 0 Å². The first-order chi connectivity index (χ1) is 16.6. The lowest BCUT2D eigenvalue weighted by molar-refractivity contribution is -0.928. The molecular formula is C29H64N2O4+2. The second-order valence-electron chi connectivity index (χ2n) is 9.94. The standard InChI is InChI=1S/2C12H28N.C5H8O4/c2*1-5-9-13(10-6-2,11-7-3)12-8-4;1-9-5(8)3-2-4(6)7/h2*5-12H2,1-4H3;2-3H2,1H3,(H,6,7)/q2*+1;. The second kappa shape index (κ2) is 25.9. The molecular weight excluding hydrogens is 440 g/mol. The number of esters is 1. The first kappa shape index (κ1) is 38.4. The van der Waals surface area contributed by atoms with Gasteiger partial charge in [-0.05, 0) is 51.4 Å². The van der Waals surface area contributed by atoms with E-state index in [-0.39, 0.29) is 12.8 Å². The minimum atomic E-state index is -0.986. The van der Waals surface area contributed by atoms with Crippen molar-refractivity contribution in [3.63, 3.8) is 0 Å². The molecule has 0 aromatic carbocycles. The molecule has 0 saturated heterocycles. The molecule has 0 amide bonds. The molecule has 0 unspecified atom stereocenters. The summed E-state index contributed by atoms with van der Waals surface area (Å²) >= 11 is 0. The molecule has 1 N–H and O–H groups in total. The number of hydrogen-bond donors (Lipinski definition) is 1. The Balaban J connectivity index is -0.000000448. The third-order valence-corrected chi connectivity index (χ3v) is 6.35. The number of carbonyl (C=O) groups excluding carboxylic acids is 1. The zero-order valence-electron chi connectivity index (χ0n) is 25.3. The van der Waals surface area contributed by atoms with Crippen LogP contribution in [0.5, 0.6) is 0 Å². The number of quaternary nitrogens is 2. The minimum absolute atomic E-state index is 0.0498. The van der Waals surface area contributed by atoms with Gasteiger partial charge in [0.05, 0.1) is 72.3 Å². The highest BCUT2D eigenvalue weighted by molar-refractivity contribution is 5.76. The van der Waals surface area contributed by atoms with Crippen molar-refractivity contribution < 1.29 is 28.4 Å². The van der Waals surface area contributed by atoms with Gasteiger partial charge in [-0.15, -0.1) is 0 Å². The van der Waals surface area contributed by atoms with Crippen molar-refractivity contribution >= 4 is 11.9 Å². The molecule has 0 fully saturated rings. The van der Waals surface area contributed by atoms with Crippen molar-refractivity contribution in [1.82, 2.24) is 0 Å². The Morgan fingerprint density at radius 3 is 0.886 bits per heavy atom. The summed E-state index contributed by atoms with van der Waals surface area (Å²) in [6.07, 6.45) is 10.5. The summed E-state index contributed by atoms with van der Waals surface area (Å²) in [5, 5.41) is 8.05. The van der Waals surface area contributed by atoms with Gasteiger partial charge in [0.25, 0.3) is 0 Å². The number of nitrogens with zero attached hydrogens (tertiary/aromatic N) is 2. The number of carbonyl (C=O) groups is 2. The zero-order valence-corrected chi connectivity index (χ0v) is 25.3. The highest BCUT2D eigenvalue weighted by atomic mass is 16.5. The number of methoxy groups -OCH3 is 1. The Hall–Kier alpha value is -1.14. The maximum atomic E-state index is 10.2. The van der Waals surface area contributed by atoms with Crippen molar-refractivity contribution in [3.8, 4) is 0 Å². The van der Waals surface area contributed by atoms with Gasteiger partial charge in [0.15, 0.2) is 0 Å². The Morgan fingerprint density at radius 1 is 0.514 bits per heavy atom. The third kappa shape index (κ3) is 21.8. The van der Waals surface area contributed by atoms with E-state index in [0.717, 1.165) is 0 Å². The molecule has 0 aliphatic heterocycles. The van der Waals surface area contributed by atoms with E-state index in [4.69, 9.17) is 5.11 Å². The van der Waals surface area contributed by atoms with Crippen LogP contribution in [-0.2, 0) is 14.3 Å². The van der Waals surface area contributed by atoms with Gasteiger partial charge >= 0.3 is 11.9 Å². The highest BCUT2D eigenvalue weighted by Gasteiger charge is 2.23. The van der Waals surface area contributed by atoms with E-state index in [1.165, 1.54) is 120 Å². The number of carboxylic acid groups (broad SMARTS) is 1. The smallest absolute Gasteiger partial charge is 0.306 e. The molecule has 0 heterocycles. The van der Waals surface area contributed by atoms with Crippen LogP contribution in [0.4, 0.5) is 0 Å². The van der Waals surface area contributed by atoms with Crippen molar-refractivity contribution in [1.29, 1.82) is 0 Å². The zero-order chi connectivity index (χ0) is 27.6. The lowest BCUT2D eigenvalue weighted by Gasteiger charge is -2.38. The van der Waals surface area contributed by atoms with E-state index in [1.54, 1.807) is 0 Å². The van der Waals surface area contributed by atoms with Gasteiger partial charge in [0, 0.05) is 0 Å². The first-order valence-electron chi connectivity index (χ1n) is 14.6. The lowest BCUT2D eigenvalue weighted by Crippen LogP contribution is -2.50. The number of rotatable bonds is 19. The van der Waals surface area contributed by atoms with Gasteiger partial charge in [-0.1, -0.05) is 55.4 Å². The summed E-state index contributed by atoms with van der Waals surface area (Å²) in [6.45, 7) is 29.6. The van der Waals surface area contributed by atoms with Crippen molar-refractivity contribution in [2.24, 2.45) is 0 Å². The largest absolute Gasteiger partial charge is 0.481 e. The third-order valence-electron chi connectivity index (χ3n) is 6.35. The molecule has 0 aliphatic carbocycles. The monoisotopic (exact) mass is 504 g/mol. The molecule has 6 nitrogen and oxygen atoms in total. The fraction of sp³-hybridized carbons (Fsp3) is 0.931. The molecule has 212 valence electrons. The predicted octanol–water partition coefficient (Wildman–Crippen LogP) is 6.91. The van der Waals surface area contributed by atoms with Crippen LogP contribution in [0.2, 0.25) is 0 Å². The molecule has 0 aromatic heterocycles. The van der Waals surface area contributed by atoms with Crippen molar-refractivity contribution in [2.75, 3.05) is 59.5 Å². The maximum absolute atomic E-state index is 10.2. The van der Waals surface area contributed by atoms with Crippen LogP contribution in [0.15, 0.2) is 0 Å². The molecule has 0 aliphatic rings. The van der Waals surface area contributed by atoms with Gasteiger partial charge in [-0.2, -0.15) is 0 Å². The van der Waals surface area contributed by atoms with E-state index in [1.807, 2.05) is 0 Å². The van der Waals surface area contributed by atoms with Crippen LogP contribution in [0, 0.1) is 0 Å². The highest BCUT2D eigenvalue weighted by Crippen LogP contribution is 2.13. The summed E-state index contributed by atoms with van der Waals surface area (Å²) in [6, 6.07) is 0. The van der Waals surface area contributed by atoms with Gasteiger partial charge in [0.2, 0.25) is 0 Å². The molecule has 0 aromatic rings. The molecule has 0 atom stereocenters.